The van der Waals surface area contributed by atoms with Crippen molar-refractivity contribution in [2.75, 3.05) is 46.1 Å². The van der Waals surface area contributed by atoms with E-state index in [0.717, 1.165) is 0 Å². The van der Waals surface area contributed by atoms with Crippen molar-refractivity contribution in [1.82, 2.24) is 5.32 Å². The van der Waals surface area contributed by atoms with Gasteiger partial charge in [0.05, 0.1) is 38.1 Å². The van der Waals surface area contributed by atoms with Gasteiger partial charge in [0, 0.05) is 19.7 Å². The Bertz CT molecular complexity index is 177. The molecule has 0 radical (unpaired) electrons. The van der Waals surface area contributed by atoms with E-state index in [0.29, 0.717) is 26.4 Å². The lowest BCUT2D eigenvalue weighted by molar-refractivity contribution is -0.00908. The summed E-state index contributed by atoms with van der Waals surface area (Å²) in [4.78, 5) is 0. The van der Waals surface area contributed by atoms with E-state index in [-0.39, 0.29) is 19.8 Å². The van der Waals surface area contributed by atoms with Crippen molar-refractivity contribution in [3.63, 3.8) is 0 Å². The van der Waals surface area contributed by atoms with Gasteiger partial charge in [0.25, 0.3) is 0 Å². The smallest absolute Gasteiger partial charge is 0.0972 e. The minimum absolute atomic E-state index is 0.222. The van der Waals surface area contributed by atoms with Crippen LogP contribution in [-0.2, 0) is 9.47 Å². The molecule has 104 valence electrons. The second-order valence-corrected chi connectivity index (χ2v) is 4.21. The Balaban J connectivity index is 3.37. The van der Waals surface area contributed by atoms with E-state index in [2.05, 4.69) is 5.32 Å². The maximum atomic E-state index is 9.50. The second-order valence-electron chi connectivity index (χ2n) is 4.21. The molecule has 0 rings (SSSR count). The first-order valence-corrected chi connectivity index (χ1v) is 5.89. The molecular weight excluding hydrogens is 226 g/mol. The van der Waals surface area contributed by atoms with Gasteiger partial charge >= 0.3 is 0 Å². The lowest BCUT2D eigenvalue weighted by atomic mass is 10.1. The Morgan fingerprint density at radius 2 is 1.94 bits per heavy atom. The van der Waals surface area contributed by atoms with Crippen LogP contribution in [0.5, 0.6) is 0 Å². The first-order valence-electron chi connectivity index (χ1n) is 5.89. The van der Waals surface area contributed by atoms with Crippen LogP contribution in [0.25, 0.3) is 0 Å². The summed E-state index contributed by atoms with van der Waals surface area (Å²) < 4.78 is 10.3. The lowest BCUT2D eigenvalue weighted by Gasteiger charge is -2.21. The van der Waals surface area contributed by atoms with E-state index >= 15 is 0 Å². The van der Waals surface area contributed by atoms with Crippen LogP contribution in [0.4, 0.5) is 0 Å². The van der Waals surface area contributed by atoms with Crippen LogP contribution < -0.4 is 5.32 Å². The zero-order valence-electron chi connectivity index (χ0n) is 10.7. The molecule has 0 spiro atoms. The Labute approximate surface area is 103 Å². The van der Waals surface area contributed by atoms with Gasteiger partial charge in [0.1, 0.15) is 0 Å². The molecule has 0 aromatic heterocycles. The highest BCUT2D eigenvalue weighted by atomic mass is 16.5. The molecule has 0 saturated carbocycles. The van der Waals surface area contributed by atoms with E-state index in [9.17, 15) is 10.2 Å². The molecule has 0 amide bonds. The van der Waals surface area contributed by atoms with Gasteiger partial charge in [-0.3, -0.25) is 0 Å². The summed E-state index contributed by atoms with van der Waals surface area (Å²) in [7, 11) is 0. The molecular formula is C11H25NO5. The van der Waals surface area contributed by atoms with E-state index in [1.54, 1.807) is 0 Å². The average molecular weight is 251 g/mol. The van der Waals surface area contributed by atoms with Gasteiger partial charge in [0.15, 0.2) is 0 Å². The number of aliphatic hydroxyl groups is 3. The number of hydrogen-bond donors (Lipinski definition) is 4. The van der Waals surface area contributed by atoms with Gasteiger partial charge in [0.2, 0.25) is 0 Å². The summed E-state index contributed by atoms with van der Waals surface area (Å²) in [6.45, 7) is 5.50. The number of rotatable bonds is 11. The first-order chi connectivity index (χ1) is 8.02. The third-order valence-corrected chi connectivity index (χ3v) is 2.11. The van der Waals surface area contributed by atoms with E-state index in [4.69, 9.17) is 14.6 Å². The van der Waals surface area contributed by atoms with Crippen molar-refractivity contribution in [3.8, 4) is 0 Å². The highest BCUT2D eigenvalue weighted by molar-refractivity contribution is 4.74. The normalized spacial score (nSPS) is 16.8. The monoisotopic (exact) mass is 251 g/mol. The largest absolute Gasteiger partial charge is 0.393 e. The molecule has 0 heterocycles. The summed E-state index contributed by atoms with van der Waals surface area (Å²) in [5.41, 5.74) is -1.16. The first kappa shape index (κ1) is 16.8. The minimum atomic E-state index is -1.16. The Morgan fingerprint density at radius 1 is 1.29 bits per heavy atom. The quantitative estimate of drug-likeness (QED) is 0.342. The van der Waals surface area contributed by atoms with Gasteiger partial charge in [-0.25, -0.2) is 0 Å². The zero-order valence-corrected chi connectivity index (χ0v) is 10.7. The van der Waals surface area contributed by atoms with E-state index < -0.39 is 11.7 Å². The molecule has 0 saturated heterocycles. The van der Waals surface area contributed by atoms with Crippen molar-refractivity contribution in [1.29, 1.82) is 0 Å². The average Bonchev–Trinajstić information content (AvgIpc) is 2.28. The highest BCUT2D eigenvalue weighted by Gasteiger charge is 2.18. The molecule has 4 N–H and O–H groups in total. The second kappa shape index (κ2) is 9.76. The summed E-state index contributed by atoms with van der Waals surface area (Å²) in [6.07, 6.45) is -0.633. The number of nitrogens with one attached hydrogen (secondary N) is 1. The number of aliphatic hydroxyl groups excluding tert-OH is 2. The molecule has 0 aromatic carbocycles. The summed E-state index contributed by atoms with van der Waals surface area (Å²) >= 11 is 0. The minimum Gasteiger partial charge on any atom is -0.393 e. The van der Waals surface area contributed by atoms with Crippen molar-refractivity contribution in [2.24, 2.45) is 0 Å². The standard InChI is InChI=1S/C11H25NO5/c1-3-16-4-5-17-7-10(14)6-12-8-11(2,15)9-13/h10,12-15H,3-9H2,1-2H3. The molecule has 0 fully saturated rings. The SMILES string of the molecule is CCOCCOCC(O)CNCC(C)(O)CO. The maximum absolute atomic E-state index is 9.50. The predicted octanol–water partition coefficient (Wildman–Crippen LogP) is -1.27. The van der Waals surface area contributed by atoms with E-state index in [1.807, 2.05) is 6.92 Å². The molecule has 17 heavy (non-hydrogen) atoms. The Hall–Kier alpha value is -0.240. The zero-order chi connectivity index (χ0) is 13.1. The molecule has 6 nitrogen and oxygen atoms in total. The fraction of sp³-hybridized carbons (Fsp3) is 1.00. The Kier molecular flexibility index (Phi) is 9.62. The number of ether oxygens (including phenoxy) is 2. The van der Waals surface area contributed by atoms with Gasteiger partial charge in [-0.15, -0.1) is 0 Å². The molecule has 0 bridgehead atoms. The highest BCUT2D eigenvalue weighted by Crippen LogP contribution is 1.98. The van der Waals surface area contributed by atoms with Gasteiger partial charge in [-0.2, -0.15) is 0 Å². The lowest BCUT2D eigenvalue weighted by Crippen LogP contribution is -2.44. The fourth-order valence-electron chi connectivity index (χ4n) is 1.10. The van der Waals surface area contributed by atoms with Crippen molar-refractivity contribution in [3.05, 3.63) is 0 Å². The van der Waals surface area contributed by atoms with Gasteiger partial charge in [-0.1, -0.05) is 0 Å². The van der Waals surface area contributed by atoms with Crippen LogP contribution in [-0.4, -0.2) is 73.1 Å². The van der Waals surface area contributed by atoms with Gasteiger partial charge in [-0.05, 0) is 13.8 Å². The van der Waals surface area contributed by atoms with E-state index in [1.165, 1.54) is 6.92 Å². The van der Waals surface area contributed by atoms with Crippen LogP contribution in [0.15, 0.2) is 0 Å². The maximum Gasteiger partial charge on any atom is 0.0972 e. The molecule has 0 aliphatic rings. The van der Waals surface area contributed by atoms with Crippen molar-refractivity contribution < 1.29 is 24.8 Å². The Morgan fingerprint density at radius 3 is 2.53 bits per heavy atom. The fourth-order valence-corrected chi connectivity index (χ4v) is 1.10. The van der Waals surface area contributed by atoms with Crippen LogP contribution in [0.1, 0.15) is 13.8 Å². The molecule has 0 aliphatic carbocycles. The summed E-state index contributed by atoms with van der Waals surface area (Å²) in [5.74, 6) is 0. The van der Waals surface area contributed by atoms with Crippen LogP contribution >= 0.6 is 0 Å². The van der Waals surface area contributed by atoms with Crippen LogP contribution in [0.2, 0.25) is 0 Å². The molecule has 6 heteroatoms. The van der Waals surface area contributed by atoms with Gasteiger partial charge < -0.3 is 30.1 Å². The van der Waals surface area contributed by atoms with Crippen molar-refractivity contribution in [2.45, 2.75) is 25.6 Å². The topological polar surface area (TPSA) is 91.2 Å². The van der Waals surface area contributed by atoms with Crippen LogP contribution in [0, 0.1) is 0 Å². The van der Waals surface area contributed by atoms with Crippen molar-refractivity contribution >= 4 is 0 Å². The summed E-state index contributed by atoms with van der Waals surface area (Å²) in [6, 6.07) is 0. The molecule has 0 aromatic rings. The van der Waals surface area contributed by atoms with Crippen LogP contribution in [0.3, 0.4) is 0 Å². The molecule has 2 atom stereocenters. The number of hydrogen-bond acceptors (Lipinski definition) is 6. The summed E-state index contributed by atoms with van der Waals surface area (Å²) in [5, 5.41) is 30.6. The predicted molar refractivity (Wildman–Crippen MR) is 63.9 cm³/mol. The molecule has 2 unspecified atom stereocenters. The molecule has 0 aliphatic heterocycles. The third kappa shape index (κ3) is 10.6. The third-order valence-electron chi connectivity index (χ3n) is 2.11.